The number of carbonyl (C=O) groups is 1. The quantitative estimate of drug-likeness (QED) is 0.533. The highest BCUT2D eigenvalue weighted by atomic mass is 32.2. The summed E-state index contributed by atoms with van der Waals surface area (Å²) in [6.45, 7) is 6.23. The summed E-state index contributed by atoms with van der Waals surface area (Å²) in [5, 5.41) is 0. The van der Waals surface area contributed by atoms with Crippen LogP contribution in [0.3, 0.4) is 0 Å². The van der Waals surface area contributed by atoms with E-state index in [2.05, 4.69) is 6.92 Å². The van der Waals surface area contributed by atoms with Gasteiger partial charge in [-0.25, -0.2) is 4.79 Å². The Hall–Kier alpha value is -0.440. The van der Waals surface area contributed by atoms with Gasteiger partial charge in [0, 0.05) is 5.57 Å². The normalized spacial score (nSPS) is 23.2. The Bertz CT molecular complexity index is 240. The van der Waals surface area contributed by atoms with Crippen molar-refractivity contribution in [3.8, 4) is 0 Å². The first kappa shape index (κ1) is 11.6. The lowest BCUT2D eigenvalue weighted by Gasteiger charge is -2.12. The second-order valence-corrected chi connectivity index (χ2v) is 4.74. The lowest BCUT2D eigenvalue weighted by molar-refractivity contribution is -0.138. The summed E-state index contributed by atoms with van der Waals surface area (Å²) in [6.07, 6.45) is 1.20. The largest absolute Gasteiger partial charge is 0.463 e. The molecule has 1 aliphatic rings. The van der Waals surface area contributed by atoms with Gasteiger partial charge in [0.2, 0.25) is 0 Å². The zero-order chi connectivity index (χ0) is 10.6. The fourth-order valence-corrected chi connectivity index (χ4v) is 2.90. The first-order chi connectivity index (χ1) is 6.66. The highest BCUT2D eigenvalue weighted by Crippen LogP contribution is 2.30. The van der Waals surface area contributed by atoms with Crippen molar-refractivity contribution in [2.45, 2.75) is 27.2 Å². The van der Waals surface area contributed by atoms with Crippen LogP contribution in [0.15, 0.2) is 11.1 Å². The number of esters is 1. The van der Waals surface area contributed by atoms with Crippen LogP contribution in [0, 0.1) is 5.92 Å². The number of hydrogen-bond acceptors (Lipinski definition) is 3. The van der Waals surface area contributed by atoms with Crippen LogP contribution in [0.25, 0.3) is 0 Å². The van der Waals surface area contributed by atoms with Gasteiger partial charge in [0.05, 0.1) is 6.61 Å². The Kier molecular flexibility index (Phi) is 4.52. The Morgan fingerprint density at radius 1 is 1.50 bits per heavy atom. The molecule has 3 heteroatoms. The molecular weight excluding hydrogens is 196 g/mol. The van der Waals surface area contributed by atoms with E-state index >= 15 is 0 Å². The van der Waals surface area contributed by atoms with E-state index in [1.807, 2.05) is 25.6 Å². The maximum atomic E-state index is 11.5. The summed E-state index contributed by atoms with van der Waals surface area (Å²) in [7, 11) is 0. The fourth-order valence-electron chi connectivity index (χ4n) is 1.58. The van der Waals surface area contributed by atoms with E-state index in [-0.39, 0.29) is 5.97 Å². The van der Waals surface area contributed by atoms with Crippen molar-refractivity contribution in [2.75, 3.05) is 18.1 Å². The van der Waals surface area contributed by atoms with E-state index in [4.69, 9.17) is 4.74 Å². The van der Waals surface area contributed by atoms with Crippen LogP contribution < -0.4 is 0 Å². The van der Waals surface area contributed by atoms with Crippen LogP contribution in [0.4, 0.5) is 0 Å². The van der Waals surface area contributed by atoms with Gasteiger partial charge in [0.1, 0.15) is 0 Å². The first-order valence-corrected chi connectivity index (χ1v) is 6.24. The molecule has 1 unspecified atom stereocenters. The number of hydrogen-bond donors (Lipinski definition) is 0. The van der Waals surface area contributed by atoms with Gasteiger partial charge in [-0.1, -0.05) is 5.57 Å². The van der Waals surface area contributed by atoms with Gasteiger partial charge in [-0.05, 0) is 44.6 Å². The van der Waals surface area contributed by atoms with Gasteiger partial charge in [-0.15, -0.1) is 0 Å². The molecule has 0 aromatic rings. The predicted molar refractivity (Wildman–Crippen MR) is 60.4 cm³/mol. The molecule has 1 fully saturated rings. The molecule has 0 saturated carbocycles. The second-order valence-electron chi connectivity index (χ2n) is 3.59. The standard InChI is InChI=1S/C11H18O2S/c1-4-13-11(12)9(3)8(2)10-5-6-14-7-10/h10H,4-7H2,1-3H3/b9-8+. The molecule has 0 radical (unpaired) electrons. The highest BCUT2D eigenvalue weighted by molar-refractivity contribution is 7.99. The molecule has 0 bridgehead atoms. The number of carbonyl (C=O) groups excluding carboxylic acids is 1. The van der Waals surface area contributed by atoms with Crippen LogP contribution >= 0.6 is 11.8 Å². The van der Waals surface area contributed by atoms with Crippen molar-refractivity contribution in [1.29, 1.82) is 0 Å². The minimum absolute atomic E-state index is 0.151. The van der Waals surface area contributed by atoms with Crippen LogP contribution in [0.1, 0.15) is 27.2 Å². The Balaban J connectivity index is 2.65. The van der Waals surface area contributed by atoms with E-state index < -0.39 is 0 Å². The molecule has 1 rings (SSSR count). The van der Waals surface area contributed by atoms with E-state index in [9.17, 15) is 4.79 Å². The first-order valence-electron chi connectivity index (χ1n) is 5.09. The third-order valence-electron chi connectivity index (χ3n) is 2.72. The molecule has 80 valence electrons. The molecule has 1 saturated heterocycles. The molecule has 0 aromatic heterocycles. The van der Waals surface area contributed by atoms with Gasteiger partial charge in [-0.3, -0.25) is 0 Å². The third kappa shape index (κ3) is 2.77. The van der Waals surface area contributed by atoms with Crippen molar-refractivity contribution >= 4 is 17.7 Å². The monoisotopic (exact) mass is 214 g/mol. The van der Waals surface area contributed by atoms with Crippen molar-refractivity contribution < 1.29 is 9.53 Å². The fraction of sp³-hybridized carbons (Fsp3) is 0.727. The zero-order valence-corrected chi connectivity index (χ0v) is 9.95. The molecule has 0 N–H and O–H groups in total. The van der Waals surface area contributed by atoms with Crippen LogP contribution in [0.5, 0.6) is 0 Å². The van der Waals surface area contributed by atoms with E-state index in [1.165, 1.54) is 17.7 Å². The third-order valence-corrected chi connectivity index (χ3v) is 3.88. The number of rotatable bonds is 3. The van der Waals surface area contributed by atoms with Crippen LogP contribution in [0.2, 0.25) is 0 Å². The summed E-state index contributed by atoms with van der Waals surface area (Å²) in [6, 6.07) is 0. The van der Waals surface area contributed by atoms with E-state index in [0.717, 1.165) is 11.3 Å². The average molecular weight is 214 g/mol. The van der Waals surface area contributed by atoms with Gasteiger partial charge < -0.3 is 4.74 Å². The van der Waals surface area contributed by atoms with Crippen LogP contribution in [-0.4, -0.2) is 24.1 Å². The smallest absolute Gasteiger partial charge is 0.333 e. The molecule has 0 aliphatic carbocycles. The molecular formula is C11H18O2S. The molecule has 1 aliphatic heterocycles. The van der Waals surface area contributed by atoms with Gasteiger partial charge in [0.25, 0.3) is 0 Å². The molecule has 0 spiro atoms. The van der Waals surface area contributed by atoms with Crippen molar-refractivity contribution in [1.82, 2.24) is 0 Å². The van der Waals surface area contributed by atoms with Crippen LogP contribution in [-0.2, 0) is 9.53 Å². The SMILES string of the molecule is CCOC(=O)/C(C)=C(\C)C1CCSC1. The Labute approximate surface area is 90.1 Å². The van der Waals surface area contributed by atoms with Gasteiger partial charge in [0.15, 0.2) is 0 Å². The predicted octanol–water partition coefficient (Wildman–Crippen LogP) is 2.64. The molecule has 0 amide bonds. The summed E-state index contributed by atoms with van der Waals surface area (Å²) < 4.78 is 4.98. The minimum Gasteiger partial charge on any atom is -0.463 e. The topological polar surface area (TPSA) is 26.3 Å². The number of ether oxygens (including phenoxy) is 1. The van der Waals surface area contributed by atoms with Gasteiger partial charge in [-0.2, -0.15) is 11.8 Å². The number of thioether (sulfide) groups is 1. The van der Waals surface area contributed by atoms with Gasteiger partial charge >= 0.3 is 5.97 Å². The maximum absolute atomic E-state index is 11.5. The summed E-state index contributed by atoms with van der Waals surface area (Å²) >= 11 is 1.97. The lowest BCUT2D eigenvalue weighted by Crippen LogP contribution is -2.11. The lowest BCUT2D eigenvalue weighted by atomic mass is 9.96. The zero-order valence-electron chi connectivity index (χ0n) is 9.13. The Morgan fingerprint density at radius 3 is 2.71 bits per heavy atom. The minimum atomic E-state index is -0.151. The molecule has 14 heavy (non-hydrogen) atoms. The summed E-state index contributed by atoms with van der Waals surface area (Å²) in [5.74, 6) is 2.81. The molecule has 2 nitrogen and oxygen atoms in total. The van der Waals surface area contributed by atoms with E-state index in [0.29, 0.717) is 12.5 Å². The van der Waals surface area contributed by atoms with Crippen molar-refractivity contribution in [3.05, 3.63) is 11.1 Å². The molecule has 1 heterocycles. The summed E-state index contributed by atoms with van der Waals surface area (Å²) in [5.41, 5.74) is 2.02. The highest BCUT2D eigenvalue weighted by Gasteiger charge is 2.20. The summed E-state index contributed by atoms with van der Waals surface area (Å²) in [4.78, 5) is 11.5. The molecule has 1 atom stereocenters. The second kappa shape index (κ2) is 5.44. The average Bonchev–Trinajstić information content (AvgIpc) is 2.68. The molecule has 0 aromatic carbocycles. The van der Waals surface area contributed by atoms with Crippen molar-refractivity contribution in [3.63, 3.8) is 0 Å². The van der Waals surface area contributed by atoms with E-state index in [1.54, 1.807) is 0 Å². The van der Waals surface area contributed by atoms with Crippen molar-refractivity contribution in [2.24, 2.45) is 5.92 Å². The Morgan fingerprint density at radius 2 is 2.21 bits per heavy atom. The number of allylic oxidation sites excluding steroid dienone is 1. The maximum Gasteiger partial charge on any atom is 0.333 e.